The molecule has 0 bridgehead atoms. The Balaban J connectivity index is 2.45. The van der Waals surface area contributed by atoms with Gasteiger partial charge in [-0.25, -0.2) is 0 Å². The third-order valence-corrected chi connectivity index (χ3v) is 2.43. The minimum Gasteiger partial charge on any atom is -0.360 e. The van der Waals surface area contributed by atoms with E-state index in [4.69, 9.17) is 0 Å². The first-order valence-electron chi connectivity index (χ1n) is 2.03. The fourth-order valence-electron chi connectivity index (χ4n) is 0.371. The minimum atomic E-state index is 0.347. The highest BCUT2D eigenvalue weighted by atomic mass is 32.2. The van der Waals surface area contributed by atoms with Gasteiger partial charge in [0, 0.05) is 13.2 Å². The molecule has 0 saturated carbocycles. The van der Waals surface area contributed by atoms with Crippen LogP contribution in [0.4, 0.5) is 0 Å². The first kappa shape index (κ1) is 5.38. The lowest BCUT2D eigenvalue weighted by Gasteiger charge is -2.11. The summed E-state index contributed by atoms with van der Waals surface area (Å²) in [7, 11) is 2.01. The fourth-order valence-corrected chi connectivity index (χ4v) is 1.32. The van der Waals surface area contributed by atoms with Gasteiger partial charge in [0.2, 0.25) is 0 Å². The maximum Gasteiger partial charge on any atom is 0.122 e. The van der Waals surface area contributed by atoms with Crippen LogP contribution in [0.1, 0.15) is 0 Å². The molecular formula is C4H7NS2. The molecule has 0 aromatic rings. The highest BCUT2D eigenvalue weighted by Gasteiger charge is 2.08. The lowest BCUT2D eigenvalue weighted by atomic mass is 10.9. The number of hydrogen-bond acceptors (Lipinski definition) is 3. The van der Waals surface area contributed by atoms with Crippen molar-refractivity contribution in [3.63, 3.8) is 0 Å². The number of nitrogens with zero attached hydrogens (tertiary/aromatic N) is 1. The third-order valence-electron chi connectivity index (χ3n) is 0.845. The fraction of sp³-hybridized carbons (Fsp3) is 0.500. The molecule has 1 aliphatic rings. The van der Waals surface area contributed by atoms with E-state index >= 15 is 0 Å². The van der Waals surface area contributed by atoms with Crippen LogP contribution in [0.15, 0.2) is 11.6 Å². The van der Waals surface area contributed by atoms with Crippen molar-refractivity contribution in [1.82, 2.24) is 4.90 Å². The van der Waals surface area contributed by atoms with E-state index in [1.807, 2.05) is 23.6 Å². The van der Waals surface area contributed by atoms with Gasteiger partial charge in [-0.05, 0) is 5.41 Å². The molecule has 1 heterocycles. The molecule has 0 radical (unpaired) electrons. The largest absolute Gasteiger partial charge is 0.360 e. The summed E-state index contributed by atoms with van der Waals surface area (Å²) in [4.78, 5) is 2.05. The van der Waals surface area contributed by atoms with Gasteiger partial charge in [-0.1, -0.05) is 11.8 Å². The van der Waals surface area contributed by atoms with Gasteiger partial charge in [0.1, 0.15) is 4.71 Å². The average Bonchev–Trinajstić information content (AvgIpc) is 1.91. The maximum absolute atomic E-state index is 4.21. The quantitative estimate of drug-likeness (QED) is 0.497. The monoisotopic (exact) mass is 133 g/mol. The molecule has 0 spiro atoms. The van der Waals surface area contributed by atoms with Crippen LogP contribution in [0, 0.1) is 0 Å². The van der Waals surface area contributed by atoms with Gasteiger partial charge in [-0.15, -0.1) is 12.6 Å². The number of rotatable bonds is 0. The first-order valence-corrected chi connectivity index (χ1v) is 3.49. The van der Waals surface area contributed by atoms with Crippen molar-refractivity contribution in [1.29, 1.82) is 0 Å². The zero-order chi connectivity index (χ0) is 5.28. The van der Waals surface area contributed by atoms with Gasteiger partial charge in [0.05, 0.1) is 0 Å². The SMILES string of the molecule is CN1C=CSC1S. The molecule has 1 unspecified atom stereocenters. The van der Waals surface area contributed by atoms with Crippen molar-refractivity contribution < 1.29 is 0 Å². The van der Waals surface area contributed by atoms with Crippen molar-refractivity contribution >= 4 is 24.4 Å². The van der Waals surface area contributed by atoms with Crippen LogP contribution in [-0.4, -0.2) is 16.7 Å². The topological polar surface area (TPSA) is 3.24 Å². The molecule has 0 saturated heterocycles. The minimum absolute atomic E-state index is 0.347. The maximum atomic E-state index is 4.21. The molecule has 7 heavy (non-hydrogen) atoms. The number of thioether (sulfide) groups is 1. The number of thiol groups is 1. The molecular weight excluding hydrogens is 126 g/mol. The molecule has 3 heteroatoms. The standard InChI is InChI=1S/C4H7NS2/c1-5-2-3-7-4(5)6/h2-4,6H,1H3. The van der Waals surface area contributed by atoms with Crippen molar-refractivity contribution in [3.8, 4) is 0 Å². The van der Waals surface area contributed by atoms with E-state index in [2.05, 4.69) is 12.6 Å². The van der Waals surface area contributed by atoms with Gasteiger partial charge in [-0.2, -0.15) is 0 Å². The summed E-state index contributed by atoms with van der Waals surface area (Å²) in [6, 6.07) is 0. The van der Waals surface area contributed by atoms with E-state index in [0.29, 0.717) is 4.71 Å². The summed E-state index contributed by atoms with van der Waals surface area (Å²) in [6.07, 6.45) is 2.02. The second-order valence-corrected chi connectivity index (χ2v) is 3.24. The predicted molar refractivity (Wildman–Crippen MR) is 37.3 cm³/mol. The predicted octanol–water partition coefficient (Wildman–Crippen LogP) is 1.35. The van der Waals surface area contributed by atoms with Gasteiger partial charge in [0.15, 0.2) is 0 Å². The summed E-state index contributed by atoms with van der Waals surface area (Å²) < 4.78 is 0.347. The Hall–Kier alpha value is 0.240. The van der Waals surface area contributed by atoms with E-state index < -0.39 is 0 Å². The van der Waals surface area contributed by atoms with E-state index in [1.165, 1.54) is 0 Å². The van der Waals surface area contributed by atoms with Gasteiger partial charge in [0.25, 0.3) is 0 Å². The molecule has 1 atom stereocenters. The summed E-state index contributed by atoms with van der Waals surface area (Å²) in [5.41, 5.74) is 0. The number of hydrogen-bond donors (Lipinski definition) is 1. The van der Waals surface area contributed by atoms with Gasteiger partial charge >= 0.3 is 0 Å². The molecule has 1 aliphatic heterocycles. The molecule has 40 valence electrons. The summed E-state index contributed by atoms with van der Waals surface area (Å²) >= 11 is 5.93. The van der Waals surface area contributed by atoms with E-state index in [-0.39, 0.29) is 0 Å². The highest BCUT2D eigenvalue weighted by Crippen LogP contribution is 2.25. The molecule has 0 aromatic heterocycles. The molecule has 0 aromatic carbocycles. The lowest BCUT2D eigenvalue weighted by Crippen LogP contribution is -2.12. The Labute approximate surface area is 53.2 Å². The van der Waals surface area contributed by atoms with Crippen LogP contribution in [0.25, 0.3) is 0 Å². The Morgan fingerprint density at radius 3 is 2.71 bits per heavy atom. The van der Waals surface area contributed by atoms with E-state index in [1.54, 1.807) is 11.8 Å². The van der Waals surface area contributed by atoms with Crippen molar-refractivity contribution in [2.45, 2.75) is 4.71 Å². The van der Waals surface area contributed by atoms with Crippen LogP contribution < -0.4 is 0 Å². The van der Waals surface area contributed by atoms with Crippen molar-refractivity contribution in [2.24, 2.45) is 0 Å². The Morgan fingerprint density at radius 1 is 1.86 bits per heavy atom. The van der Waals surface area contributed by atoms with Crippen LogP contribution in [0.3, 0.4) is 0 Å². The summed E-state index contributed by atoms with van der Waals surface area (Å²) in [6.45, 7) is 0. The second kappa shape index (κ2) is 2.01. The molecule has 0 amide bonds. The molecule has 0 aliphatic carbocycles. The third kappa shape index (κ3) is 1.07. The van der Waals surface area contributed by atoms with E-state index in [9.17, 15) is 0 Å². The van der Waals surface area contributed by atoms with Crippen LogP contribution in [0.5, 0.6) is 0 Å². The molecule has 0 N–H and O–H groups in total. The van der Waals surface area contributed by atoms with Crippen molar-refractivity contribution in [3.05, 3.63) is 11.6 Å². The smallest absolute Gasteiger partial charge is 0.122 e. The zero-order valence-corrected chi connectivity index (χ0v) is 5.75. The summed E-state index contributed by atoms with van der Waals surface area (Å²) in [5, 5.41) is 2.04. The molecule has 1 rings (SSSR count). The zero-order valence-electron chi connectivity index (χ0n) is 4.03. The van der Waals surface area contributed by atoms with Crippen LogP contribution in [0.2, 0.25) is 0 Å². The highest BCUT2D eigenvalue weighted by molar-refractivity contribution is 8.12. The summed E-state index contributed by atoms with van der Waals surface area (Å²) in [5.74, 6) is 0. The van der Waals surface area contributed by atoms with Gasteiger partial charge < -0.3 is 4.90 Å². The Bertz CT molecular complexity index is 91.7. The Kier molecular flexibility index (Phi) is 1.54. The van der Waals surface area contributed by atoms with Crippen LogP contribution >= 0.6 is 24.4 Å². The second-order valence-electron chi connectivity index (χ2n) is 1.41. The van der Waals surface area contributed by atoms with E-state index in [0.717, 1.165) is 0 Å². The Morgan fingerprint density at radius 2 is 2.57 bits per heavy atom. The molecule has 0 fully saturated rings. The molecule has 1 nitrogen and oxygen atoms in total. The average molecular weight is 133 g/mol. The van der Waals surface area contributed by atoms with Crippen LogP contribution in [-0.2, 0) is 0 Å². The first-order chi connectivity index (χ1) is 3.30. The normalized spacial score (nSPS) is 29.4. The van der Waals surface area contributed by atoms with Gasteiger partial charge in [-0.3, -0.25) is 0 Å². The lowest BCUT2D eigenvalue weighted by molar-refractivity contribution is 0.526. The van der Waals surface area contributed by atoms with Crippen molar-refractivity contribution in [2.75, 3.05) is 7.05 Å².